The van der Waals surface area contributed by atoms with E-state index in [4.69, 9.17) is 0 Å². The summed E-state index contributed by atoms with van der Waals surface area (Å²) in [6, 6.07) is 3.12. The van der Waals surface area contributed by atoms with Gasteiger partial charge in [0.15, 0.2) is 5.92 Å². The molecule has 1 aliphatic heterocycles. The molecule has 1 fully saturated rings. The molecule has 1 atom stereocenters. The maximum absolute atomic E-state index is 13.1. The molecule has 4 amide bonds. The summed E-state index contributed by atoms with van der Waals surface area (Å²) in [5.74, 6) is -2.25. The largest absolute Gasteiger partial charge is 0.335 e. The Balaban J connectivity index is 2.31. The van der Waals surface area contributed by atoms with Gasteiger partial charge in [0.25, 0.3) is 5.91 Å². The number of carbonyl (C=O) groups is 3. The fraction of sp³-hybridized carbons (Fsp3) is 0.524. The molecule has 1 N–H and O–H groups in total. The highest BCUT2D eigenvalue weighted by Crippen LogP contribution is 2.29. The van der Waals surface area contributed by atoms with E-state index in [0.717, 1.165) is 41.2 Å². The van der Waals surface area contributed by atoms with Crippen molar-refractivity contribution in [2.75, 3.05) is 31.1 Å². The van der Waals surface area contributed by atoms with Gasteiger partial charge in [-0.05, 0) is 51.9 Å². The highest BCUT2D eigenvalue weighted by molar-refractivity contribution is 6.35. The fourth-order valence-electron chi connectivity index (χ4n) is 3.68. The predicted octanol–water partition coefficient (Wildman–Crippen LogP) is 2.61. The van der Waals surface area contributed by atoms with E-state index < -0.39 is 23.8 Å². The zero-order chi connectivity index (χ0) is 21.0. The second kappa shape index (κ2) is 9.10. The van der Waals surface area contributed by atoms with Gasteiger partial charge in [-0.25, -0.2) is 9.69 Å². The summed E-state index contributed by atoms with van der Waals surface area (Å²) in [5, 5.41) is 2.32. The topological polar surface area (TPSA) is 82.1 Å². The lowest BCUT2D eigenvalue weighted by atomic mass is 9.97. The summed E-state index contributed by atoms with van der Waals surface area (Å²) in [7, 11) is 0. The minimum absolute atomic E-state index is 0.426. The third-order valence-electron chi connectivity index (χ3n) is 5.11. The van der Waals surface area contributed by atoms with E-state index in [1.807, 2.05) is 32.9 Å². The van der Waals surface area contributed by atoms with E-state index in [9.17, 15) is 14.4 Å². The molecule has 1 aromatic carbocycles. The van der Waals surface area contributed by atoms with Crippen LogP contribution in [0.4, 0.5) is 10.5 Å². The molecule has 1 aromatic rings. The Hall–Kier alpha value is -2.54. The normalized spacial score (nSPS) is 18.1. The fourth-order valence-corrected chi connectivity index (χ4v) is 3.68. The lowest BCUT2D eigenvalue weighted by molar-refractivity contribution is -0.131. The Bertz CT molecular complexity index is 789. The number of barbiturate groups is 1. The average molecular weight is 386 g/mol. The van der Waals surface area contributed by atoms with Crippen molar-refractivity contribution in [2.45, 2.75) is 41.5 Å². The zero-order valence-corrected chi connectivity index (χ0v) is 17.6. The first-order valence-corrected chi connectivity index (χ1v) is 9.71. The second-order valence-electron chi connectivity index (χ2n) is 7.20. The van der Waals surface area contributed by atoms with Gasteiger partial charge in [-0.2, -0.15) is 0 Å². The number of imide groups is 2. The first-order valence-electron chi connectivity index (χ1n) is 9.71. The number of amides is 4. The van der Waals surface area contributed by atoms with Gasteiger partial charge < -0.3 is 4.90 Å². The number of anilines is 1. The van der Waals surface area contributed by atoms with Crippen LogP contribution in [-0.4, -0.2) is 54.6 Å². The molecular formula is C21H30N4O3. The highest BCUT2D eigenvalue weighted by atomic mass is 16.2. The van der Waals surface area contributed by atoms with E-state index >= 15 is 0 Å². The van der Waals surface area contributed by atoms with Gasteiger partial charge in [-0.15, -0.1) is 0 Å². The number of rotatable bonds is 7. The molecule has 0 aromatic heterocycles. The molecule has 7 nitrogen and oxygen atoms in total. The Morgan fingerprint density at radius 2 is 1.68 bits per heavy atom. The maximum atomic E-state index is 13.1. The highest BCUT2D eigenvalue weighted by Gasteiger charge is 2.43. The molecule has 152 valence electrons. The van der Waals surface area contributed by atoms with Crippen molar-refractivity contribution < 1.29 is 14.4 Å². The quantitative estimate of drug-likeness (QED) is 0.577. The van der Waals surface area contributed by atoms with E-state index in [1.165, 1.54) is 0 Å². The number of hydrogen-bond donors (Lipinski definition) is 1. The summed E-state index contributed by atoms with van der Waals surface area (Å²) < 4.78 is 0. The van der Waals surface area contributed by atoms with Gasteiger partial charge in [-0.3, -0.25) is 19.9 Å². The summed E-state index contributed by atoms with van der Waals surface area (Å²) >= 11 is 0. The van der Waals surface area contributed by atoms with Crippen LogP contribution >= 0.6 is 0 Å². The van der Waals surface area contributed by atoms with E-state index in [2.05, 4.69) is 29.1 Å². The summed E-state index contributed by atoms with van der Waals surface area (Å²) in [6.07, 6.45) is 0. The van der Waals surface area contributed by atoms with Crippen LogP contribution in [0.1, 0.15) is 37.5 Å². The van der Waals surface area contributed by atoms with Crippen molar-refractivity contribution in [2.24, 2.45) is 10.9 Å². The van der Waals surface area contributed by atoms with Gasteiger partial charge >= 0.3 is 6.03 Å². The van der Waals surface area contributed by atoms with Crippen molar-refractivity contribution in [3.05, 3.63) is 28.8 Å². The number of carbonyl (C=O) groups excluding carboxylic acids is 3. The minimum Gasteiger partial charge on any atom is -0.302 e. The summed E-state index contributed by atoms with van der Waals surface area (Å²) in [5.41, 5.74) is 3.62. The van der Waals surface area contributed by atoms with E-state index in [1.54, 1.807) is 6.92 Å². The van der Waals surface area contributed by atoms with Crippen molar-refractivity contribution in [1.82, 2.24) is 10.2 Å². The SMILES string of the molecule is CCN(CC)CCN=C(C)C1C(=O)NC(=O)N(c2c(C)cc(C)cc2C)C1=O. The van der Waals surface area contributed by atoms with E-state index in [0.29, 0.717) is 17.9 Å². The first-order chi connectivity index (χ1) is 13.2. The number of likely N-dealkylation sites (N-methyl/N-ethyl adjacent to an activating group) is 1. The number of urea groups is 1. The van der Waals surface area contributed by atoms with Crippen LogP contribution in [0, 0.1) is 26.7 Å². The van der Waals surface area contributed by atoms with Crippen LogP contribution in [0.3, 0.4) is 0 Å². The molecule has 1 unspecified atom stereocenters. The molecule has 1 saturated heterocycles. The third kappa shape index (κ3) is 4.47. The number of nitrogens with one attached hydrogen (secondary N) is 1. The Labute approximate surface area is 166 Å². The zero-order valence-electron chi connectivity index (χ0n) is 17.6. The van der Waals surface area contributed by atoms with Crippen LogP contribution in [0.2, 0.25) is 0 Å². The van der Waals surface area contributed by atoms with Crippen LogP contribution in [0.5, 0.6) is 0 Å². The van der Waals surface area contributed by atoms with Crippen LogP contribution < -0.4 is 10.2 Å². The molecule has 0 aliphatic carbocycles. The van der Waals surface area contributed by atoms with Crippen LogP contribution in [0.15, 0.2) is 17.1 Å². The summed E-state index contributed by atoms with van der Waals surface area (Å²) in [4.78, 5) is 45.8. The number of benzene rings is 1. The standard InChI is InChI=1S/C21H30N4O3/c1-7-24(8-2)10-9-22-16(6)17-19(26)23-21(28)25(20(17)27)18-14(4)11-13(3)12-15(18)5/h11-12,17H,7-10H2,1-6H3,(H,23,26,28). The lowest BCUT2D eigenvalue weighted by Crippen LogP contribution is -2.60. The average Bonchev–Trinajstić information content (AvgIpc) is 2.60. The van der Waals surface area contributed by atoms with Crippen molar-refractivity contribution >= 4 is 29.2 Å². The van der Waals surface area contributed by atoms with Crippen molar-refractivity contribution in [1.29, 1.82) is 0 Å². The molecule has 2 rings (SSSR count). The van der Waals surface area contributed by atoms with Gasteiger partial charge in [-0.1, -0.05) is 31.5 Å². The third-order valence-corrected chi connectivity index (χ3v) is 5.11. The molecule has 0 spiro atoms. The molecular weight excluding hydrogens is 356 g/mol. The molecule has 28 heavy (non-hydrogen) atoms. The van der Waals surface area contributed by atoms with Gasteiger partial charge in [0.1, 0.15) is 0 Å². The Kier molecular flexibility index (Phi) is 7.07. The summed E-state index contributed by atoms with van der Waals surface area (Å²) in [6.45, 7) is 14.6. The smallest absolute Gasteiger partial charge is 0.302 e. The number of nitrogens with zero attached hydrogens (tertiary/aromatic N) is 3. The molecule has 0 radical (unpaired) electrons. The number of hydrogen-bond acceptors (Lipinski definition) is 5. The molecule has 7 heteroatoms. The monoisotopic (exact) mass is 386 g/mol. The second-order valence-corrected chi connectivity index (χ2v) is 7.20. The minimum atomic E-state index is -1.09. The molecule has 0 bridgehead atoms. The van der Waals surface area contributed by atoms with E-state index in [-0.39, 0.29) is 0 Å². The molecule has 0 saturated carbocycles. The van der Waals surface area contributed by atoms with Crippen molar-refractivity contribution in [3.8, 4) is 0 Å². The van der Waals surface area contributed by atoms with Crippen LogP contribution in [0.25, 0.3) is 0 Å². The maximum Gasteiger partial charge on any atom is 0.335 e. The van der Waals surface area contributed by atoms with Crippen LogP contribution in [-0.2, 0) is 9.59 Å². The van der Waals surface area contributed by atoms with Crippen molar-refractivity contribution in [3.63, 3.8) is 0 Å². The molecule has 1 aliphatic rings. The predicted molar refractivity (Wildman–Crippen MR) is 111 cm³/mol. The Morgan fingerprint density at radius 3 is 2.21 bits per heavy atom. The lowest BCUT2D eigenvalue weighted by Gasteiger charge is -2.32. The molecule has 1 heterocycles. The number of aliphatic imine (C=N–C) groups is 1. The Morgan fingerprint density at radius 1 is 1.11 bits per heavy atom. The van der Waals surface area contributed by atoms with Gasteiger partial charge in [0.05, 0.1) is 12.2 Å². The first kappa shape index (κ1) is 21.8. The van der Waals surface area contributed by atoms with Gasteiger partial charge in [0, 0.05) is 12.3 Å². The van der Waals surface area contributed by atoms with Gasteiger partial charge in [0.2, 0.25) is 5.91 Å². The number of aryl methyl sites for hydroxylation is 3.